The van der Waals surface area contributed by atoms with Crippen LogP contribution >= 0.6 is 0 Å². The van der Waals surface area contributed by atoms with Gasteiger partial charge in [0.25, 0.3) is 0 Å². The molecule has 1 aliphatic rings. The van der Waals surface area contributed by atoms with Crippen molar-refractivity contribution < 1.29 is 0 Å². The lowest BCUT2D eigenvalue weighted by Gasteiger charge is -2.11. The molecule has 0 N–H and O–H groups in total. The third-order valence-electron chi connectivity index (χ3n) is 3.25. The summed E-state index contributed by atoms with van der Waals surface area (Å²) in [5, 5.41) is 0. The van der Waals surface area contributed by atoms with E-state index in [0.717, 1.165) is 12.3 Å². The summed E-state index contributed by atoms with van der Waals surface area (Å²) >= 11 is 0. The van der Waals surface area contributed by atoms with Crippen LogP contribution in [-0.4, -0.2) is 25.0 Å². The summed E-state index contributed by atoms with van der Waals surface area (Å²) in [5.41, 5.74) is 2.96. The van der Waals surface area contributed by atoms with Crippen molar-refractivity contribution in [1.82, 2.24) is 4.90 Å². The number of hydrogen-bond donors (Lipinski definition) is 0. The Bertz CT molecular complexity index is 289. The van der Waals surface area contributed by atoms with E-state index in [1.165, 1.54) is 30.6 Å². The van der Waals surface area contributed by atoms with Crippen LogP contribution in [-0.2, 0) is 6.42 Å². The number of aryl methyl sites for hydroxylation is 1. The van der Waals surface area contributed by atoms with E-state index >= 15 is 0 Å². The van der Waals surface area contributed by atoms with Crippen LogP contribution in [0.3, 0.4) is 0 Å². The molecule has 0 bridgehead atoms. The summed E-state index contributed by atoms with van der Waals surface area (Å²) < 4.78 is 0. The van der Waals surface area contributed by atoms with E-state index in [9.17, 15) is 0 Å². The molecular weight excluding hydrogens is 170 g/mol. The second kappa shape index (κ2) is 4.14. The third kappa shape index (κ3) is 1.98. The predicted octanol–water partition coefficient (Wildman–Crippen LogP) is 2.67. The second-order valence-electron chi connectivity index (χ2n) is 4.34. The molecule has 1 fully saturated rings. The van der Waals surface area contributed by atoms with Crippen LogP contribution in [0.2, 0.25) is 0 Å². The van der Waals surface area contributed by atoms with Gasteiger partial charge in [-0.3, -0.25) is 0 Å². The molecule has 76 valence electrons. The number of rotatable bonds is 2. The molecule has 0 radical (unpaired) electrons. The summed E-state index contributed by atoms with van der Waals surface area (Å²) in [5.74, 6) is 0.769. The van der Waals surface area contributed by atoms with Crippen molar-refractivity contribution in [3.8, 4) is 0 Å². The van der Waals surface area contributed by atoms with Crippen molar-refractivity contribution in [3.05, 3.63) is 35.4 Å². The molecule has 1 nitrogen and oxygen atoms in total. The number of likely N-dealkylation sites (N-methyl/N-ethyl adjacent to an activating group) is 1. The molecule has 2 rings (SSSR count). The van der Waals surface area contributed by atoms with Crippen LogP contribution in [0.25, 0.3) is 0 Å². The van der Waals surface area contributed by atoms with Crippen LogP contribution in [0.1, 0.15) is 30.4 Å². The molecule has 0 amide bonds. The fraction of sp³-hybridized carbons (Fsp3) is 0.538. The lowest BCUT2D eigenvalue weighted by atomic mass is 9.97. The first kappa shape index (κ1) is 9.72. The maximum atomic E-state index is 2.42. The molecule has 1 aromatic carbocycles. The number of benzene rings is 1. The monoisotopic (exact) mass is 189 g/mol. The van der Waals surface area contributed by atoms with Crippen LogP contribution in [0, 0.1) is 0 Å². The molecule has 1 aliphatic heterocycles. The van der Waals surface area contributed by atoms with E-state index in [4.69, 9.17) is 0 Å². The minimum Gasteiger partial charge on any atom is -0.306 e. The van der Waals surface area contributed by atoms with E-state index < -0.39 is 0 Å². The normalized spacial score (nSPS) is 22.9. The van der Waals surface area contributed by atoms with Crippen molar-refractivity contribution in [1.29, 1.82) is 0 Å². The highest BCUT2D eigenvalue weighted by atomic mass is 15.1. The van der Waals surface area contributed by atoms with E-state index in [2.05, 4.69) is 43.1 Å². The van der Waals surface area contributed by atoms with Crippen LogP contribution < -0.4 is 0 Å². The van der Waals surface area contributed by atoms with Gasteiger partial charge >= 0.3 is 0 Å². The lowest BCUT2D eigenvalue weighted by molar-refractivity contribution is 0.411. The summed E-state index contributed by atoms with van der Waals surface area (Å²) in [6, 6.07) is 9.16. The molecule has 0 aliphatic carbocycles. The Morgan fingerprint density at radius 1 is 1.29 bits per heavy atom. The zero-order chi connectivity index (χ0) is 9.97. The Morgan fingerprint density at radius 2 is 2.00 bits per heavy atom. The van der Waals surface area contributed by atoms with E-state index in [1.807, 2.05) is 0 Å². The van der Waals surface area contributed by atoms with Gasteiger partial charge in [0, 0.05) is 6.54 Å². The lowest BCUT2D eigenvalue weighted by Crippen LogP contribution is -2.13. The van der Waals surface area contributed by atoms with Gasteiger partial charge in [0.2, 0.25) is 0 Å². The molecule has 0 saturated carbocycles. The maximum Gasteiger partial charge on any atom is 0.00477 e. The van der Waals surface area contributed by atoms with Crippen molar-refractivity contribution >= 4 is 0 Å². The molecule has 1 heteroatoms. The zero-order valence-electron chi connectivity index (χ0n) is 9.16. The van der Waals surface area contributed by atoms with Crippen LogP contribution in [0.5, 0.6) is 0 Å². The molecule has 1 aromatic rings. The Hall–Kier alpha value is -0.820. The van der Waals surface area contributed by atoms with E-state index in [-0.39, 0.29) is 0 Å². The largest absolute Gasteiger partial charge is 0.306 e. The van der Waals surface area contributed by atoms with Gasteiger partial charge < -0.3 is 4.90 Å². The molecule has 1 unspecified atom stereocenters. The summed E-state index contributed by atoms with van der Waals surface area (Å²) in [4.78, 5) is 2.42. The fourth-order valence-corrected chi connectivity index (χ4v) is 2.23. The summed E-state index contributed by atoms with van der Waals surface area (Å²) in [6.07, 6.45) is 2.47. The predicted molar refractivity (Wildman–Crippen MR) is 60.7 cm³/mol. The Labute approximate surface area is 86.7 Å². The van der Waals surface area contributed by atoms with Crippen LogP contribution in [0.15, 0.2) is 24.3 Å². The minimum absolute atomic E-state index is 0.769. The average Bonchev–Trinajstić information content (AvgIpc) is 2.65. The second-order valence-corrected chi connectivity index (χ2v) is 4.34. The summed E-state index contributed by atoms with van der Waals surface area (Å²) in [7, 11) is 2.21. The number of nitrogens with zero attached hydrogens (tertiary/aromatic N) is 1. The quantitative estimate of drug-likeness (QED) is 0.691. The highest BCUT2D eigenvalue weighted by Crippen LogP contribution is 2.26. The standard InChI is InChI=1S/C13H19N/c1-3-11-4-6-12(7-5-11)13-8-9-14(2)10-13/h4-7,13H,3,8-10H2,1-2H3. The SMILES string of the molecule is CCc1ccc(C2CCN(C)C2)cc1. The molecule has 0 aromatic heterocycles. The summed E-state index contributed by atoms with van der Waals surface area (Å²) in [6.45, 7) is 4.68. The Balaban J connectivity index is 2.09. The zero-order valence-corrected chi connectivity index (χ0v) is 9.16. The van der Waals surface area contributed by atoms with Gasteiger partial charge in [-0.05, 0) is 43.5 Å². The van der Waals surface area contributed by atoms with E-state index in [1.54, 1.807) is 0 Å². The van der Waals surface area contributed by atoms with Gasteiger partial charge in [-0.25, -0.2) is 0 Å². The first-order chi connectivity index (χ1) is 6.79. The fourth-order valence-electron chi connectivity index (χ4n) is 2.23. The van der Waals surface area contributed by atoms with Gasteiger partial charge in [0.1, 0.15) is 0 Å². The minimum atomic E-state index is 0.769. The smallest absolute Gasteiger partial charge is 0.00477 e. The molecule has 14 heavy (non-hydrogen) atoms. The molecule has 0 spiro atoms. The highest BCUT2D eigenvalue weighted by Gasteiger charge is 2.20. The Morgan fingerprint density at radius 3 is 2.50 bits per heavy atom. The van der Waals surface area contributed by atoms with Crippen LogP contribution in [0.4, 0.5) is 0 Å². The van der Waals surface area contributed by atoms with Crippen molar-refractivity contribution in [2.75, 3.05) is 20.1 Å². The van der Waals surface area contributed by atoms with Gasteiger partial charge in [0.15, 0.2) is 0 Å². The number of hydrogen-bond acceptors (Lipinski definition) is 1. The average molecular weight is 189 g/mol. The van der Waals surface area contributed by atoms with E-state index in [0.29, 0.717) is 0 Å². The molecule has 1 atom stereocenters. The first-order valence-corrected chi connectivity index (χ1v) is 5.57. The van der Waals surface area contributed by atoms with Gasteiger partial charge in [-0.2, -0.15) is 0 Å². The van der Waals surface area contributed by atoms with Crippen molar-refractivity contribution in [2.24, 2.45) is 0 Å². The van der Waals surface area contributed by atoms with Crippen molar-refractivity contribution in [2.45, 2.75) is 25.7 Å². The molecule has 1 heterocycles. The Kier molecular flexibility index (Phi) is 2.87. The molecular formula is C13H19N. The topological polar surface area (TPSA) is 3.24 Å². The van der Waals surface area contributed by atoms with Gasteiger partial charge in [-0.15, -0.1) is 0 Å². The maximum absolute atomic E-state index is 2.42. The highest BCUT2D eigenvalue weighted by molar-refractivity contribution is 5.26. The first-order valence-electron chi connectivity index (χ1n) is 5.57. The van der Waals surface area contributed by atoms with Crippen molar-refractivity contribution in [3.63, 3.8) is 0 Å². The van der Waals surface area contributed by atoms with Gasteiger partial charge in [0.05, 0.1) is 0 Å². The molecule has 1 saturated heterocycles. The third-order valence-corrected chi connectivity index (χ3v) is 3.25. The van der Waals surface area contributed by atoms with Gasteiger partial charge in [-0.1, -0.05) is 31.2 Å². The number of likely N-dealkylation sites (tertiary alicyclic amines) is 1.